The standard InChI is InChI=1S/C18H15N3O3/c1-24-13-5-3-12(4-6-13)21-18(23)15-9-19-16-7-2-11(10-22)8-14(16)17(15)20-21/h2-9,20,22H,10H2,1H3/i1D3. The van der Waals surface area contributed by atoms with Gasteiger partial charge in [0.15, 0.2) is 0 Å². The van der Waals surface area contributed by atoms with Gasteiger partial charge < -0.3 is 9.84 Å². The number of aliphatic hydroxyl groups is 1. The number of hydrogen-bond acceptors (Lipinski definition) is 4. The van der Waals surface area contributed by atoms with E-state index in [1.807, 2.05) is 0 Å². The molecule has 0 amide bonds. The van der Waals surface area contributed by atoms with Gasteiger partial charge in [-0.1, -0.05) is 6.07 Å². The van der Waals surface area contributed by atoms with Crippen molar-refractivity contribution in [1.82, 2.24) is 14.8 Å². The highest BCUT2D eigenvalue weighted by atomic mass is 16.5. The zero-order valence-electron chi connectivity index (χ0n) is 15.5. The summed E-state index contributed by atoms with van der Waals surface area (Å²) in [4.78, 5) is 17.1. The Balaban J connectivity index is 1.84. The van der Waals surface area contributed by atoms with Crippen molar-refractivity contribution in [3.8, 4) is 11.4 Å². The molecular weight excluding hydrogens is 306 g/mol. The summed E-state index contributed by atoms with van der Waals surface area (Å²) in [6.45, 7) is -0.109. The number of H-pyrrole nitrogens is 1. The second-order valence-electron chi connectivity index (χ2n) is 5.40. The summed E-state index contributed by atoms with van der Waals surface area (Å²) in [6.07, 6.45) is 1.51. The van der Waals surface area contributed by atoms with Crippen LogP contribution in [-0.2, 0) is 6.61 Å². The number of aliphatic hydroxyl groups excluding tert-OH is 1. The minimum Gasteiger partial charge on any atom is -0.497 e. The van der Waals surface area contributed by atoms with Crippen LogP contribution in [0.1, 0.15) is 9.68 Å². The maximum Gasteiger partial charge on any atom is 0.280 e. The van der Waals surface area contributed by atoms with E-state index < -0.39 is 7.04 Å². The summed E-state index contributed by atoms with van der Waals surface area (Å²) in [5, 5.41) is 13.6. The Morgan fingerprint density at radius 3 is 2.83 bits per heavy atom. The molecule has 0 radical (unpaired) electrons. The first kappa shape index (κ1) is 11.4. The summed E-state index contributed by atoms with van der Waals surface area (Å²) in [5.41, 5.74) is 2.29. The summed E-state index contributed by atoms with van der Waals surface area (Å²) in [6, 6.07) is 11.5. The summed E-state index contributed by atoms with van der Waals surface area (Å²) >= 11 is 0. The van der Waals surface area contributed by atoms with E-state index in [-0.39, 0.29) is 17.9 Å². The number of rotatable bonds is 3. The average molecular weight is 324 g/mol. The second kappa shape index (κ2) is 5.50. The number of nitrogens with one attached hydrogen (secondary N) is 1. The molecule has 0 fully saturated rings. The minimum atomic E-state index is -2.53. The Morgan fingerprint density at radius 1 is 1.25 bits per heavy atom. The first-order valence-corrected chi connectivity index (χ1v) is 7.28. The van der Waals surface area contributed by atoms with E-state index in [0.29, 0.717) is 22.1 Å². The van der Waals surface area contributed by atoms with Crippen LogP contribution < -0.4 is 10.3 Å². The number of pyridine rings is 1. The lowest BCUT2D eigenvalue weighted by molar-refractivity contribution is 0.282. The van der Waals surface area contributed by atoms with Crippen LogP contribution in [0, 0.1) is 0 Å². The molecule has 24 heavy (non-hydrogen) atoms. The molecule has 2 N–H and O–H groups in total. The molecule has 0 saturated heterocycles. The molecule has 0 saturated carbocycles. The number of aromatic amines is 1. The van der Waals surface area contributed by atoms with E-state index in [4.69, 9.17) is 8.85 Å². The predicted octanol–water partition coefficient (Wildman–Crippen LogP) is 2.37. The predicted molar refractivity (Wildman–Crippen MR) is 91.7 cm³/mol. The largest absolute Gasteiger partial charge is 0.497 e. The Bertz CT molecular complexity index is 1190. The van der Waals surface area contributed by atoms with Crippen molar-refractivity contribution in [1.29, 1.82) is 0 Å². The number of ether oxygens (including phenoxy) is 1. The second-order valence-corrected chi connectivity index (χ2v) is 5.40. The Morgan fingerprint density at radius 2 is 2.08 bits per heavy atom. The van der Waals surface area contributed by atoms with E-state index in [1.165, 1.54) is 23.0 Å². The number of aromatic nitrogens is 3. The van der Waals surface area contributed by atoms with Crippen LogP contribution in [0.2, 0.25) is 0 Å². The Labute approximate surface area is 141 Å². The smallest absolute Gasteiger partial charge is 0.280 e. The van der Waals surface area contributed by atoms with Crippen LogP contribution >= 0.6 is 0 Å². The Kier molecular flexibility index (Phi) is 2.62. The topological polar surface area (TPSA) is 80.1 Å². The molecule has 2 heterocycles. The summed E-state index contributed by atoms with van der Waals surface area (Å²) in [7, 11) is -2.53. The van der Waals surface area contributed by atoms with Gasteiger partial charge in [0, 0.05) is 11.6 Å². The van der Waals surface area contributed by atoms with E-state index in [9.17, 15) is 9.90 Å². The van der Waals surface area contributed by atoms with Crippen molar-refractivity contribution in [2.24, 2.45) is 0 Å². The molecule has 0 atom stereocenters. The van der Waals surface area contributed by atoms with Gasteiger partial charge in [-0.15, -0.1) is 0 Å². The first-order valence-electron chi connectivity index (χ1n) is 8.78. The zero-order chi connectivity index (χ0) is 19.2. The molecule has 0 aliphatic heterocycles. The monoisotopic (exact) mass is 324 g/mol. The number of methoxy groups -OCH3 is 1. The fraction of sp³-hybridized carbons (Fsp3) is 0.111. The molecule has 0 unspecified atom stereocenters. The van der Waals surface area contributed by atoms with E-state index >= 15 is 0 Å². The first-order chi connectivity index (χ1) is 12.9. The molecule has 6 heteroatoms. The van der Waals surface area contributed by atoms with E-state index in [1.54, 1.807) is 30.3 Å². The van der Waals surface area contributed by atoms with Crippen molar-refractivity contribution in [3.05, 3.63) is 64.6 Å². The zero-order valence-corrected chi connectivity index (χ0v) is 12.5. The highest BCUT2D eigenvalue weighted by Crippen LogP contribution is 2.22. The molecule has 0 aliphatic rings. The van der Waals surface area contributed by atoms with Crippen LogP contribution in [0.5, 0.6) is 5.75 Å². The summed E-state index contributed by atoms with van der Waals surface area (Å²) < 4.78 is 27.6. The third-order valence-electron chi connectivity index (χ3n) is 3.98. The fourth-order valence-corrected chi connectivity index (χ4v) is 2.75. The van der Waals surface area contributed by atoms with Crippen LogP contribution in [0.3, 0.4) is 0 Å². The van der Waals surface area contributed by atoms with Crippen LogP contribution in [0.4, 0.5) is 0 Å². The summed E-state index contributed by atoms with van der Waals surface area (Å²) in [5.74, 6) is 0.183. The van der Waals surface area contributed by atoms with Crippen molar-refractivity contribution in [2.75, 3.05) is 7.04 Å². The van der Waals surface area contributed by atoms with Gasteiger partial charge in [0.2, 0.25) is 0 Å². The van der Waals surface area contributed by atoms with Crippen molar-refractivity contribution >= 4 is 21.8 Å². The molecule has 0 aliphatic carbocycles. The van der Waals surface area contributed by atoms with E-state index in [0.717, 1.165) is 10.9 Å². The van der Waals surface area contributed by atoms with E-state index in [2.05, 4.69) is 10.1 Å². The number of hydrogen-bond donors (Lipinski definition) is 2. The minimum absolute atomic E-state index is 0.109. The number of fused-ring (bicyclic) bond motifs is 3. The van der Waals surface area contributed by atoms with Gasteiger partial charge in [0.05, 0.1) is 39.9 Å². The highest BCUT2D eigenvalue weighted by molar-refractivity contribution is 6.03. The molecule has 0 spiro atoms. The molecule has 4 aromatic rings. The SMILES string of the molecule is [2H]C([2H])([2H])Oc1ccc(-n2[nH]c3c(cnc4ccc(CO)cc43)c2=O)cc1. The molecule has 6 nitrogen and oxygen atoms in total. The molecule has 120 valence electrons. The van der Waals surface area contributed by atoms with Crippen molar-refractivity contribution < 1.29 is 14.0 Å². The molecule has 2 aromatic heterocycles. The molecule has 4 rings (SSSR count). The highest BCUT2D eigenvalue weighted by Gasteiger charge is 2.12. The number of nitrogens with zero attached hydrogens (tertiary/aromatic N) is 2. The lowest BCUT2D eigenvalue weighted by atomic mass is 10.1. The normalized spacial score (nSPS) is 13.6. The Hall–Kier alpha value is -3.12. The third-order valence-corrected chi connectivity index (χ3v) is 3.98. The van der Waals surface area contributed by atoms with Gasteiger partial charge in [-0.05, 0) is 42.0 Å². The lowest BCUT2D eigenvalue weighted by Crippen LogP contribution is -2.14. The van der Waals surface area contributed by atoms with Gasteiger partial charge in [-0.3, -0.25) is 14.9 Å². The van der Waals surface area contributed by atoms with Gasteiger partial charge in [0.25, 0.3) is 5.56 Å². The lowest BCUT2D eigenvalue weighted by Gasteiger charge is -2.03. The van der Waals surface area contributed by atoms with Crippen molar-refractivity contribution in [3.63, 3.8) is 0 Å². The number of benzene rings is 2. The van der Waals surface area contributed by atoms with Gasteiger partial charge in [-0.25, -0.2) is 4.68 Å². The maximum absolute atomic E-state index is 12.8. The average Bonchev–Trinajstić information content (AvgIpc) is 2.98. The van der Waals surface area contributed by atoms with Gasteiger partial charge in [-0.2, -0.15) is 0 Å². The fourth-order valence-electron chi connectivity index (χ4n) is 2.75. The quantitative estimate of drug-likeness (QED) is 0.606. The molecular formula is C18H15N3O3. The van der Waals surface area contributed by atoms with Gasteiger partial charge >= 0.3 is 0 Å². The molecule has 2 aromatic carbocycles. The van der Waals surface area contributed by atoms with Gasteiger partial charge in [0.1, 0.15) is 5.75 Å². The van der Waals surface area contributed by atoms with Crippen LogP contribution in [0.15, 0.2) is 53.5 Å². The van der Waals surface area contributed by atoms with Crippen LogP contribution in [-0.4, -0.2) is 26.9 Å². The van der Waals surface area contributed by atoms with Crippen molar-refractivity contribution in [2.45, 2.75) is 6.61 Å². The van der Waals surface area contributed by atoms with Crippen LogP contribution in [0.25, 0.3) is 27.5 Å². The molecule has 0 bridgehead atoms. The third kappa shape index (κ3) is 2.16. The maximum atomic E-state index is 12.8.